The Labute approximate surface area is 235 Å². The maximum Gasteiger partial charge on any atom is 0.200 e. The summed E-state index contributed by atoms with van der Waals surface area (Å²) >= 11 is 0. The Morgan fingerprint density at radius 1 is 0.923 bits per heavy atom. The van der Waals surface area contributed by atoms with Gasteiger partial charge in [0.15, 0.2) is 11.6 Å². The zero-order valence-electron chi connectivity index (χ0n) is 25.2. The lowest BCUT2D eigenvalue weighted by atomic mass is 9.64. The average molecular weight is 531 g/mol. The number of rotatable bonds is 14. The monoisotopic (exact) mass is 530 g/mol. The van der Waals surface area contributed by atoms with Gasteiger partial charge < -0.3 is 9.47 Å². The summed E-state index contributed by atoms with van der Waals surface area (Å²) in [6, 6.07) is 8.94. The van der Waals surface area contributed by atoms with Crippen LogP contribution in [0.15, 0.2) is 101 Å². The van der Waals surface area contributed by atoms with Crippen LogP contribution in [0, 0.1) is 11.3 Å². The van der Waals surface area contributed by atoms with Gasteiger partial charge in [-0.1, -0.05) is 71.4 Å². The zero-order chi connectivity index (χ0) is 29.3. The Kier molecular flexibility index (Phi) is 11.5. The number of hydrogen-bond acceptors (Lipinski definition) is 4. The summed E-state index contributed by atoms with van der Waals surface area (Å²) < 4.78 is 12.3. The lowest BCUT2D eigenvalue weighted by Gasteiger charge is -2.43. The van der Waals surface area contributed by atoms with Crippen LogP contribution in [-0.2, 0) is 14.3 Å². The summed E-state index contributed by atoms with van der Waals surface area (Å²) in [4.78, 5) is 28.2. The summed E-state index contributed by atoms with van der Waals surface area (Å²) in [5.74, 6) is 0.367. The summed E-state index contributed by atoms with van der Waals surface area (Å²) in [6.45, 7) is 20.6. The molecule has 4 heteroatoms. The number of Topliss-reactive ketones (excluding diaryl/α,β-unsaturated/α-hetero) is 2. The molecule has 0 heterocycles. The highest BCUT2D eigenvalue weighted by molar-refractivity contribution is 6.32. The highest BCUT2D eigenvalue weighted by atomic mass is 16.5. The molecule has 0 fully saturated rings. The number of benzene rings is 1. The molecule has 1 aliphatic carbocycles. The molecule has 0 aromatic heterocycles. The first-order chi connectivity index (χ1) is 18.4. The number of allylic oxidation sites excluding steroid dienone is 8. The molecule has 0 radical (unpaired) electrons. The zero-order valence-corrected chi connectivity index (χ0v) is 25.2. The van der Waals surface area contributed by atoms with E-state index in [1.807, 2.05) is 53.7 Å². The van der Waals surface area contributed by atoms with Gasteiger partial charge in [0.05, 0.1) is 19.6 Å². The smallest absolute Gasteiger partial charge is 0.200 e. The van der Waals surface area contributed by atoms with E-state index >= 15 is 0 Å². The number of ether oxygens (including phenoxy) is 2. The molecule has 4 nitrogen and oxygen atoms in total. The van der Waals surface area contributed by atoms with Gasteiger partial charge in [-0.3, -0.25) is 9.59 Å². The summed E-state index contributed by atoms with van der Waals surface area (Å²) in [5, 5.41) is 0. The highest BCUT2D eigenvalue weighted by Crippen LogP contribution is 2.53. The van der Waals surface area contributed by atoms with Crippen LogP contribution in [-0.4, -0.2) is 25.8 Å². The third kappa shape index (κ3) is 7.59. The van der Waals surface area contributed by atoms with Gasteiger partial charge in [0, 0.05) is 11.1 Å². The second kappa shape index (κ2) is 14.1. The maximum atomic E-state index is 14.2. The van der Waals surface area contributed by atoms with Crippen molar-refractivity contribution >= 4 is 11.6 Å². The Hall–Kier alpha value is -3.40. The van der Waals surface area contributed by atoms with E-state index in [0.717, 1.165) is 35.1 Å². The first-order valence-electron chi connectivity index (χ1n) is 13.7. The number of carbonyl (C=O) groups excluding carboxylic acids is 2. The Balaban J connectivity index is 2.99. The van der Waals surface area contributed by atoms with Gasteiger partial charge in [-0.25, -0.2) is 0 Å². The molecule has 0 saturated heterocycles. The van der Waals surface area contributed by atoms with Crippen molar-refractivity contribution in [3.05, 3.63) is 106 Å². The van der Waals surface area contributed by atoms with Gasteiger partial charge in [-0.15, -0.1) is 6.58 Å². The summed E-state index contributed by atoms with van der Waals surface area (Å²) in [5.41, 5.74) is 4.54. The molecule has 0 bridgehead atoms. The molecule has 0 aliphatic heterocycles. The number of carbonyl (C=O) groups is 2. The molecule has 0 amide bonds. The molecule has 2 rings (SSSR count). The van der Waals surface area contributed by atoms with Gasteiger partial charge in [-0.2, -0.15) is 0 Å². The molecule has 2 atom stereocenters. The first-order valence-corrected chi connectivity index (χ1v) is 13.7. The van der Waals surface area contributed by atoms with Gasteiger partial charge in [0.2, 0.25) is 0 Å². The molecular weight excluding hydrogens is 484 g/mol. The summed E-state index contributed by atoms with van der Waals surface area (Å²) in [7, 11) is 3.17. The Morgan fingerprint density at radius 2 is 1.51 bits per heavy atom. The molecule has 0 unspecified atom stereocenters. The van der Waals surface area contributed by atoms with E-state index in [2.05, 4.69) is 19.2 Å². The van der Waals surface area contributed by atoms with Crippen LogP contribution >= 0.6 is 0 Å². The van der Waals surface area contributed by atoms with E-state index in [1.54, 1.807) is 38.5 Å². The molecule has 0 spiro atoms. The van der Waals surface area contributed by atoms with Crippen molar-refractivity contribution in [1.29, 1.82) is 0 Å². The molecule has 1 aromatic rings. The van der Waals surface area contributed by atoms with Crippen LogP contribution in [0.2, 0.25) is 0 Å². The fraction of sp³-hybridized carbons (Fsp3) is 0.429. The van der Waals surface area contributed by atoms with Crippen LogP contribution < -0.4 is 0 Å². The van der Waals surface area contributed by atoms with Crippen molar-refractivity contribution in [1.82, 2.24) is 0 Å². The minimum Gasteiger partial charge on any atom is -0.500 e. The van der Waals surface area contributed by atoms with Crippen molar-refractivity contribution in [2.75, 3.05) is 14.2 Å². The maximum absolute atomic E-state index is 14.2. The van der Waals surface area contributed by atoms with E-state index in [1.165, 1.54) is 0 Å². The van der Waals surface area contributed by atoms with Crippen molar-refractivity contribution in [3.63, 3.8) is 0 Å². The van der Waals surface area contributed by atoms with Gasteiger partial charge in [0.25, 0.3) is 0 Å². The topological polar surface area (TPSA) is 52.6 Å². The molecule has 39 heavy (non-hydrogen) atoms. The van der Waals surface area contributed by atoms with E-state index in [-0.39, 0.29) is 23.1 Å². The molecule has 0 N–H and O–H groups in total. The normalized spacial score (nSPS) is 17.9. The van der Waals surface area contributed by atoms with Crippen LogP contribution in [0.1, 0.15) is 84.0 Å². The fourth-order valence-electron chi connectivity index (χ4n) is 5.23. The first kappa shape index (κ1) is 31.8. The molecule has 0 saturated carbocycles. The number of hydrogen-bond donors (Lipinski definition) is 0. The molecule has 210 valence electrons. The fourth-order valence-corrected chi connectivity index (χ4v) is 5.23. The van der Waals surface area contributed by atoms with Gasteiger partial charge in [-0.05, 0) is 79.6 Å². The van der Waals surface area contributed by atoms with Gasteiger partial charge in [0.1, 0.15) is 17.1 Å². The SMILES string of the molecule is C=C(C)CC[C@H](C[C@@]1(CC=C(C)C)C(OC)=C(CC=C(C)C)C(=O)C(C(=O)c2ccccc2)=C1OC)C(=C)C. The molecule has 1 aliphatic rings. The van der Waals surface area contributed by atoms with Crippen LogP contribution in [0.4, 0.5) is 0 Å². The third-order valence-corrected chi connectivity index (χ3v) is 7.33. The predicted octanol–water partition coefficient (Wildman–Crippen LogP) is 8.89. The van der Waals surface area contributed by atoms with Crippen LogP contribution in [0.3, 0.4) is 0 Å². The van der Waals surface area contributed by atoms with Gasteiger partial charge >= 0.3 is 0 Å². The standard InChI is InChI=1S/C35H46O4/c1-23(2)16-18-28(26(7)8)22-35(21-20-25(5)6)33(38-9)29(19-17-24(3)4)32(37)30(34(35)39-10)31(36)27-14-12-11-13-15-27/h11-15,17,20,28H,1,7,16,18-19,21-22H2,2-6,8-10H3/t28-,35+/m1/s1. The number of methoxy groups -OCH3 is 2. The Bertz CT molecular complexity index is 1210. The Morgan fingerprint density at radius 3 is 2.00 bits per heavy atom. The summed E-state index contributed by atoms with van der Waals surface area (Å²) in [6.07, 6.45) is 7.34. The second-order valence-corrected chi connectivity index (χ2v) is 11.2. The van der Waals surface area contributed by atoms with Crippen molar-refractivity contribution < 1.29 is 19.1 Å². The third-order valence-electron chi connectivity index (χ3n) is 7.33. The van der Waals surface area contributed by atoms with Crippen molar-refractivity contribution in [3.8, 4) is 0 Å². The molecule has 1 aromatic carbocycles. The van der Waals surface area contributed by atoms with E-state index in [9.17, 15) is 9.59 Å². The quantitative estimate of drug-likeness (QED) is 0.137. The van der Waals surface area contributed by atoms with E-state index in [4.69, 9.17) is 9.47 Å². The lowest BCUT2D eigenvalue weighted by molar-refractivity contribution is -0.113. The second-order valence-electron chi connectivity index (χ2n) is 11.2. The van der Waals surface area contributed by atoms with Crippen molar-refractivity contribution in [2.45, 2.75) is 73.6 Å². The molecular formula is C35H46O4. The van der Waals surface area contributed by atoms with Crippen LogP contribution in [0.5, 0.6) is 0 Å². The van der Waals surface area contributed by atoms with E-state index < -0.39 is 5.41 Å². The minimum absolute atomic E-state index is 0.0872. The average Bonchev–Trinajstić information content (AvgIpc) is 2.89. The largest absolute Gasteiger partial charge is 0.500 e. The van der Waals surface area contributed by atoms with E-state index in [0.29, 0.717) is 41.9 Å². The number of ketones is 2. The minimum atomic E-state index is -0.863. The van der Waals surface area contributed by atoms with Crippen molar-refractivity contribution in [2.24, 2.45) is 11.3 Å². The lowest BCUT2D eigenvalue weighted by Crippen LogP contribution is -2.39. The highest BCUT2D eigenvalue weighted by Gasteiger charge is 2.51. The van der Waals surface area contributed by atoms with Crippen LogP contribution in [0.25, 0.3) is 0 Å². The predicted molar refractivity (Wildman–Crippen MR) is 161 cm³/mol.